The van der Waals surface area contributed by atoms with Crippen LogP contribution < -0.4 is 5.32 Å². The summed E-state index contributed by atoms with van der Waals surface area (Å²) in [6, 6.07) is -1.19. The molecule has 1 heterocycles. The van der Waals surface area contributed by atoms with Gasteiger partial charge in [-0.25, -0.2) is 0 Å². The molecule has 0 bridgehead atoms. The van der Waals surface area contributed by atoms with E-state index in [1.54, 1.807) is 0 Å². The quantitative estimate of drug-likeness (QED) is 0.0215. The zero-order valence-corrected chi connectivity index (χ0v) is 48.3. The number of carbonyl (C=O) groups is 1. The molecule has 1 fully saturated rings. The lowest BCUT2D eigenvalue weighted by Gasteiger charge is -2.40. The van der Waals surface area contributed by atoms with Crippen molar-refractivity contribution >= 4 is 5.91 Å². The van der Waals surface area contributed by atoms with E-state index in [2.05, 4.69) is 67.8 Å². The van der Waals surface area contributed by atoms with Gasteiger partial charge in [0.1, 0.15) is 36.6 Å². The smallest absolute Gasteiger partial charge is 0.249 e. The summed E-state index contributed by atoms with van der Waals surface area (Å²) in [5.41, 5.74) is 0. The molecule has 0 radical (unpaired) electrons. The molecule has 1 saturated heterocycles. The van der Waals surface area contributed by atoms with Crippen molar-refractivity contribution in [1.82, 2.24) is 5.32 Å². The SMILES string of the molecule is CCCCCCCCCCC/C=C\C/C=C\CCCCCCCCCCCCCCC(O)C(=O)NC(COC1OC(CO)C(O)C(O)C1O)C(O)C(O)CCC/C=C/CC/C=C/CCCCCCCCCCCCC. The van der Waals surface area contributed by atoms with E-state index >= 15 is 0 Å². The maximum absolute atomic E-state index is 13.2. The number of hydrogen-bond acceptors (Lipinski definition) is 10. The first-order valence-corrected chi connectivity index (χ1v) is 31.5. The Kier molecular flexibility index (Phi) is 50.0. The van der Waals surface area contributed by atoms with E-state index in [1.165, 1.54) is 193 Å². The van der Waals surface area contributed by atoms with Crippen molar-refractivity contribution in [3.63, 3.8) is 0 Å². The first-order chi connectivity index (χ1) is 36.7. The van der Waals surface area contributed by atoms with Crippen LogP contribution in [0.1, 0.15) is 284 Å². The number of allylic oxidation sites excluding steroid dienone is 8. The minimum atomic E-state index is -1.67. The van der Waals surface area contributed by atoms with Crippen molar-refractivity contribution in [1.29, 1.82) is 0 Å². The molecule has 9 unspecified atom stereocenters. The number of aliphatic hydroxyl groups is 7. The van der Waals surface area contributed by atoms with Crippen LogP contribution in [-0.4, -0.2) is 110 Å². The number of unbranched alkanes of at least 4 members (excludes halogenated alkanes) is 34. The third-order valence-corrected chi connectivity index (χ3v) is 15.1. The summed E-state index contributed by atoms with van der Waals surface area (Å²) in [6.07, 6.45) is 56.0. The van der Waals surface area contributed by atoms with Crippen LogP contribution in [0.3, 0.4) is 0 Å². The van der Waals surface area contributed by atoms with Crippen LogP contribution in [0.25, 0.3) is 0 Å². The van der Waals surface area contributed by atoms with Gasteiger partial charge in [0.25, 0.3) is 0 Å². The van der Waals surface area contributed by atoms with Gasteiger partial charge in [-0.05, 0) is 83.5 Å². The molecule has 0 aliphatic carbocycles. The van der Waals surface area contributed by atoms with Gasteiger partial charge in [0.15, 0.2) is 6.29 Å². The van der Waals surface area contributed by atoms with Crippen molar-refractivity contribution < 1.29 is 50.0 Å². The van der Waals surface area contributed by atoms with Gasteiger partial charge in [0, 0.05) is 0 Å². The number of hydrogen-bond donors (Lipinski definition) is 8. The maximum atomic E-state index is 13.2. The Labute approximate surface area is 459 Å². The Balaban J connectivity index is 2.28. The van der Waals surface area contributed by atoms with Crippen molar-refractivity contribution in [3.05, 3.63) is 48.6 Å². The third-order valence-electron chi connectivity index (χ3n) is 15.1. The Morgan fingerprint density at radius 1 is 0.467 bits per heavy atom. The van der Waals surface area contributed by atoms with E-state index in [-0.39, 0.29) is 12.8 Å². The average Bonchev–Trinajstić information content (AvgIpc) is 3.41. The molecule has 0 saturated carbocycles. The molecule has 1 amide bonds. The molecule has 0 spiro atoms. The van der Waals surface area contributed by atoms with Gasteiger partial charge in [0.05, 0.1) is 25.4 Å². The van der Waals surface area contributed by atoms with Crippen LogP contribution >= 0.6 is 0 Å². The summed E-state index contributed by atoms with van der Waals surface area (Å²) in [6.45, 7) is 3.46. The molecule has 1 aliphatic rings. The topological polar surface area (TPSA) is 189 Å². The fourth-order valence-electron chi connectivity index (χ4n) is 9.96. The Hall–Kier alpha value is -1.93. The number of amides is 1. The molecule has 8 N–H and O–H groups in total. The van der Waals surface area contributed by atoms with Crippen LogP contribution in [0, 0.1) is 0 Å². The van der Waals surface area contributed by atoms with Crippen LogP contribution in [0.4, 0.5) is 0 Å². The molecule has 11 nitrogen and oxygen atoms in total. The van der Waals surface area contributed by atoms with Crippen LogP contribution in [0.15, 0.2) is 48.6 Å². The van der Waals surface area contributed by atoms with Crippen LogP contribution in [0.5, 0.6) is 0 Å². The lowest BCUT2D eigenvalue weighted by Crippen LogP contribution is -2.60. The summed E-state index contributed by atoms with van der Waals surface area (Å²) in [5, 5.41) is 76.2. The van der Waals surface area contributed by atoms with E-state index in [0.717, 1.165) is 44.9 Å². The van der Waals surface area contributed by atoms with Crippen molar-refractivity contribution in [3.8, 4) is 0 Å². The molecule has 440 valence electrons. The third kappa shape index (κ3) is 40.9. The summed E-state index contributed by atoms with van der Waals surface area (Å²) in [5.74, 6) is -0.710. The first kappa shape index (κ1) is 71.1. The fourth-order valence-corrected chi connectivity index (χ4v) is 9.96. The second-order valence-corrected chi connectivity index (χ2v) is 22.1. The normalized spacial score (nSPS) is 20.0. The minimum absolute atomic E-state index is 0.245. The summed E-state index contributed by atoms with van der Waals surface area (Å²) in [7, 11) is 0. The fraction of sp³-hybridized carbons (Fsp3) is 0.859. The summed E-state index contributed by atoms with van der Waals surface area (Å²) in [4.78, 5) is 13.2. The van der Waals surface area contributed by atoms with Crippen molar-refractivity contribution in [2.75, 3.05) is 13.2 Å². The predicted octanol–water partition coefficient (Wildman–Crippen LogP) is 14.0. The standard InChI is InChI=1S/C64H119NO10/c1-3-5-7-9-11-13-15-17-19-21-23-25-26-27-28-29-30-31-32-34-36-38-40-42-44-46-48-50-52-57(68)63(73)65-55(54-74-64-62(72)61(71)60(70)58(53-66)75-64)59(69)56(67)51-49-47-45-43-41-39-37-35-33-24-22-20-18-16-14-12-10-8-6-4-2/h23,25,27-28,35,37,43,45,55-62,64,66-72H,3-22,24,26,29-34,36,38-42,44,46-54H2,1-2H3,(H,65,73)/b25-23-,28-27-,37-35+,45-43+. The highest BCUT2D eigenvalue weighted by atomic mass is 16.7. The van der Waals surface area contributed by atoms with Crippen molar-refractivity contribution in [2.45, 2.75) is 339 Å². The number of rotatable bonds is 54. The van der Waals surface area contributed by atoms with Gasteiger partial charge in [-0.3, -0.25) is 4.79 Å². The highest BCUT2D eigenvalue weighted by Crippen LogP contribution is 2.23. The van der Waals surface area contributed by atoms with Crippen LogP contribution in [-0.2, 0) is 14.3 Å². The monoisotopic (exact) mass is 1060 g/mol. The zero-order valence-electron chi connectivity index (χ0n) is 48.3. The van der Waals surface area contributed by atoms with E-state index in [1.807, 2.05) is 0 Å². The van der Waals surface area contributed by atoms with E-state index < -0.39 is 74.2 Å². The first-order valence-electron chi connectivity index (χ1n) is 31.5. The van der Waals surface area contributed by atoms with E-state index in [9.17, 15) is 40.5 Å². The van der Waals surface area contributed by atoms with Gasteiger partial charge in [-0.1, -0.05) is 249 Å². The lowest BCUT2D eigenvalue weighted by atomic mass is 9.98. The molecule has 0 aromatic heterocycles. The van der Waals surface area contributed by atoms with E-state index in [0.29, 0.717) is 19.3 Å². The van der Waals surface area contributed by atoms with Crippen LogP contribution in [0.2, 0.25) is 0 Å². The van der Waals surface area contributed by atoms with Gasteiger partial charge < -0.3 is 50.5 Å². The highest BCUT2D eigenvalue weighted by Gasteiger charge is 2.44. The molecular weight excluding hydrogens is 943 g/mol. The van der Waals surface area contributed by atoms with Gasteiger partial charge in [0.2, 0.25) is 5.91 Å². The van der Waals surface area contributed by atoms with Crippen molar-refractivity contribution in [2.24, 2.45) is 0 Å². The van der Waals surface area contributed by atoms with Gasteiger partial charge >= 0.3 is 0 Å². The number of ether oxygens (including phenoxy) is 2. The molecule has 0 aromatic rings. The molecule has 0 aromatic carbocycles. The highest BCUT2D eigenvalue weighted by molar-refractivity contribution is 5.80. The largest absolute Gasteiger partial charge is 0.394 e. The predicted molar refractivity (Wildman–Crippen MR) is 311 cm³/mol. The Bertz CT molecular complexity index is 1360. The second kappa shape index (κ2) is 52.8. The molecule has 1 aliphatic heterocycles. The second-order valence-electron chi connectivity index (χ2n) is 22.1. The average molecular weight is 1060 g/mol. The molecular formula is C64H119NO10. The van der Waals surface area contributed by atoms with E-state index in [4.69, 9.17) is 9.47 Å². The maximum Gasteiger partial charge on any atom is 0.249 e. The number of carbonyl (C=O) groups excluding carboxylic acids is 1. The molecule has 11 heteroatoms. The summed E-state index contributed by atoms with van der Waals surface area (Å²) >= 11 is 0. The number of nitrogens with one attached hydrogen (secondary N) is 1. The van der Waals surface area contributed by atoms with Gasteiger partial charge in [-0.15, -0.1) is 0 Å². The minimum Gasteiger partial charge on any atom is -0.394 e. The Morgan fingerprint density at radius 2 is 0.840 bits per heavy atom. The molecule has 75 heavy (non-hydrogen) atoms. The van der Waals surface area contributed by atoms with Gasteiger partial charge in [-0.2, -0.15) is 0 Å². The lowest BCUT2D eigenvalue weighted by molar-refractivity contribution is -0.303. The molecule has 9 atom stereocenters. The zero-order chi connectivity index (χ0) is 54.7. The summed E-state index contributed by atoms with van der Waals surface area (Å²) < 4.78 is 11.1. The number of aliphatic hydroxyl groups excluding tert-OH is 7. The Morgan fingerprint density at radius 3 is 1.27 bits per heavy atom. The molecule has 1 rings (SSSR count).